The van der Waals surface area contributed by atoms with E-state index < -0.39 is 11.7 Å². The van der Waals surface area contributed by atoms with Gasteiger partial charge in [0.2, 0.25) is 0 Å². The highest BCUT2D eigenvalue weighted by Gasteiger charge is 2.30. The fourth-order valence-corrected chi connectivity index (χ4v) is 3.47. The molecule has 0 atom stereocenters. The maximum Gasteiger partial charge on any atom is 0.416 e. The van der Waals surface area contributed by atoms with E-state index in [1.54, 1.807) is 12.1 Å². The van der Waals surface area contributed by atoms with Gasteiger partial charge < -0.3 is 21.0 Å². The minimum atomic E-state index is -4.40. The minimum absolute atomic E-state index is 0.169. The molecule has 166 valence electrons. The standard InChI is InChI=1S/C24H23F3N4O/c25-24(26,27)18-6-4-5-15(11-18)13-29-14-17-12-20(21(28)16-9-10-16)22(31-23(17)32)30-19-7-2-1-3-8-19/h1-8,11-12,16,28-29H,9-10,13-14H2,(H2,30,31,32). The number of anilines is 2. The van der Waals surface area contributed by atoms with Crippen molar-refractivity contribution in [2.45, 2.75) is 32.1 Å². The number of halogens is 3. The number of aromatic amines is 1. The first-order chi connectivity index (χ1) is 15.3. The molecule has 0 spiro atoms. The average molecular weight is 440 g/mol. The summed E-state index contributed by atoms with van der Waals surface area (Å²) in [6.07, 6.45) is -2.50. The maximum atomic E-state index is 12.9. The van der Waals surface area contributed by atoms with E-state index in [9.17, 15) is 18.0 Å². The summed E-state index contributed by atoms with van der Waals surface area (Å²) in [4.78, 5) is 15.5. The first kappa shape index (κ1) is 21.8. The third-order valence-electron chi connectivity index (χ3n) is 5.34. The van der Waals surface area contributed by atoms with E-state index in [0.717, 1.165) is 30.7 Å². The van der Waals surface area contributed by atoms with Gasteiger partial charge in [-0.2, -0.15) is 13.2 Å². The Kier molecular flexibility index (Phi) is 6.14. The average Bonchev–Trinajstić information content (AvgIpc) is 3.61. The summed E-state index contributed by atoms with van der Waals surface area (Å²) in [7, 11) is 0. The number of para-hydroxylation sites is 1. The minimum Gasteiger partial charge on any atom is -0.341 e. The summed E-state index contributed by atoms with van der Waals surface area (Å²) in [6.45, 7) is 0.352. The van der Waals surface area contributed by atoms with Crippen LogP contribution in [0.5, 0.6) is 0 Å². The van der Waals surface area contributed by atoms with Crippen LogP contribution in [-0.2, 0) is 19.3 Å². The largest absolute Gasteiger partial charge is 0.416 e. The second kappa shape index (κ2) is 9.00. The highest BCUT2D eigenvalue weighted by Crippen LogP contribution is 2.34. The zero-order chi connectivity index (χ0) is 22.7. The van der Waals surface area contributed by atoms with E-state index in [2.05, 4.69) is 15.6 Å². The van der Waals surface area contributed by atoms with Crippen LogP contribution in [-0.4, -0.2) is 10.7 Å². The highest BCUT2D eigenvalue weighted by atomic mass is 19.4. The molecule has 1 heterocycles. The van der Waals surface area contributed by atoms with Crippen LogP contribution in [0.1, 0.15) is 35.1 Å². The molecule has 3 aromatic rings. The van der Waals surface area contributed by atoms with E-state index in [1.807, 2.05) is 30.3 Å². The number of hydrogen-bond donors (Lipinski definition) is 4. The molecule has 0 bridgehead atoms. The van der Waals surface area contributed by atoms with Crippen molar-refractivity contribution >= 4 is 17.2 Å². The predicted molar refractivity (Wildman–Crippen MR) is 118 cm³/mol. The quantitative estimate of drug-likeness (QED) is 0.363. The summed E-state index contributed by atoms with van der Waals surface area (Å²) < 4.78 is 38.7. The Bertz CT molecular complexity index is 1170. The maximum absolute atomic E-state index is 12.9. The third kappa shape index (κ3) is 5.26. The first-order valence-corrected chi connectivity index (χ1v) is 10.3. The molecule has 5 nitrogen and oxygen atoms in total. The SMILES string of the molecule is N=C(c1cc(CNCc2cccc(C(F)(F)F)c2)c(=O)[nH]c1Nc1ccccc1)C1CC1. The lowest BCUT2D eigenvalue weighted by Crippen LogP contribution is -2.24. The summed E-state index contributed by atoms with van der Waals surface area (Å²) in [5.41, 5.74) is 1.79. The molecule has 8 heteroatoms. The number of alkyl halides is 3. The molecule has 0 aliphatic heterocycles. The van der Waals surface area contributed by atoms with Crippen LogP contribution in [0.3, 0.4) is 0 Å². The summed E-state index contributed by atoms with van der Waals surface area (Å²) in [5.74, 6) is 0.655. The van der Waals surface area contributed by atoms with Gasteiger partial charge in [-0.3, -0.25) is 4.79 Å². The van der Waals surface area contributed by atoms with Gasteiger partial charge in [0.25, 0.3) is 5.56 Å². The smallest absolute Gasteiger partial charge is 0.341 e. The van der Waals surface area contributed by atoms with Gasteiger partial charge in [-0.1, -0.05) is 36.4 Å². The molecule has 1 aromatic heterocycles. The summed E-state index contributed by atoms with van der Waals surface area (Å²) in [6, 6.07) is 16.2. The van der Waals surface area contributed by atoms with Crippen molar-refractivity contribution in [2.75, 3.05) is 5.32 Å². The number of rotatable bonds is 8. The zero-order valence-corrected chi connectivity index (χ0v) is 17.2. The molecule has 4 N–H and O–H groups in total. The van der Waals surface area contributed by atoms with Gasteiger partial charge in [-0.25, -0.2) is 0 Å². The van der Waals surface area contributed by atoms with E-state index >= 15 is 0 Å². The molecule has 1 saturated carbocycles. The van der Waals surface area contributed by atoms with E-state index in [-0.39, 0.29) is 24.6 Å². The molecule has 32 heavy (non-hydrogen) atoms. The topological polar surface area (TPSA) is 80.8 Å². The molecular weight excluding hydrogens is 417 g/mol. The van der Waals surface area contributed by atoms with Gasteiger partial charge in [0.15, 0.2) is 0 Å². The van der Waals surface area contributed by atoms with Crippen molar-refractivity contribution in [3.63, 3.8) is 0 Å². The van der Waals surface area contributed by atoms with Gasteiger partial charge in [-0.15, -0.1) is 0 Å². The molecule has 1 aliphatic carbocycles. The third-order valence-corrected chi connectivity index (χ3v) is 5.34. The van der Waals surface area contributed by atoms with Gasteiger partial charge in [-0.05, 0) is 42.7 Å². The van der Waals surface area contributed by atoms with E-state index in [0.29, 0.717) is 28.2 Å². The Morgan fingerprint density at radius 3 is 2.47 bits per heavy atom. The number of H-pyrrole nitrogens is 1. The molecule has 1 fully saturated rings. The van der Waals surface area contributed by atoms with Crippen LogP contribution in [0, 0.1) is 11.3 Å². The van der Waals surface area contributed by atoms with Crippen molar-refractivity contribution in [3.8, 4) is 0 Å². The van der Waals surface area contributed by atoms with E-state index in [4.69, 9.17) is 5.41 Å². The Hall–Kier alpha value is -3.39. The lowest BCUT2D eigenvalue weighted by Gasteiger charge is -2.15. The molecule has 0 radical (unpaired) electrons. The normalized spacial score (nSPS) is 13.7. The number of pyridine rings is 1. The van der Waals surface area contributed by atoms with Crippen LogP contribution < -0.4 is 16.2 Å². The van der Waals surface area contributed by atoms with Gasteiger partial charge in [0, 0.05) is 41.5 Å². The number of nitrogens with one attached hydrogen (secondary N) is 4. The van der Waals surface area contributed by atoms with Crippen molar-refractivity contribution in [1.82, 2.24) is 10.3 Å². The molecular formula is C24H23F3N4O. The lowest BCUT2D eigenvalue weighted by molar-refractivity contribution is -0.137. The number of aromatic nitrogens is 1. The lowest BCUT2D eigenvalue weighted by atomic mass is 10.0. The Morgan fingerprint density at radius 1 is 1.03 bits per heavy atom. The van der Waals surface area contributed by atoms with Gasteiger partial charge in [0.1, 0.15) is 5.82 Å². The molecule has 1 aliphatic rings. The Balaban J connectivity index is 1.52. The van der Waals surface area contributed by atoms with Gasteiger partial charge >= 0.3 is 6.18 Å². The fourth-order valence-electron chi connectivity index (χ4n) is 3.47. The number of benzene rings is 2. The van der Waals surface area contributed by atoms with Crippen LogP contribution in [0.15, 0.2) is 65.5 Å². The van der Waals surface area contributed by atoms with Crippen molar-refractivity contribution < 1.29 is 13.2 Å². The van der Waals surface area contributed by atoms with Crippen molar-refractivity contribution in [3.05, 3.63) is 93.3 Å². The molecule has 0 unspecified atom stereocenters. The second-order valence-electron chi connectivity index (χ2n) is 7.89. The van der Waals surface area contributed by atoms with E-state index in [1.165, 1.54) is 6.07 Å². The molecule has 4 rings (SSSR count). The molecule has 0 saturated heterocycles. The first-order valence-electron chi connectivity index (χ1n) is 10.3. The predicted octanol–water partition coefficient (Wildman–Crippen LogP) is 5.20. The zero-order valence-electron chi connectivity index (χ0n) is 17.2. The highest BCUT2D eigenvalue weighted by molar-refractivity contribution is 6.05. The second-order valence-corrected chi connectivity index (χ2v) is 7.89. The van der Waals surface area contributed by atoms with Gasteiger partial charge in [0.05, 0.1) is 5.56 Å². The van der Waals surface area contributed by atoms with Crippen molar-refractivity contribution in [2.24, 2.45) is 5.92 Å². The van der Waals surface area contributed by atoms with Crippen LogP contribution in [0.2, 0.25) is 0 Å². The van der Waals surface area contributed by atoms with Crippen LogP contribution >= 0.6 is 0 Å². The van der Waals surface area contributed by atoms with Crippen molar-refractivity contribution in [1.29, 1.82) is 5.41 Å². The summed E-state index contributed by atoms with van der Waals surface area (Å²) >= 11 is 0. The molecule has 2 aromatic carbocycles. The fraction of sp³-hybridized carbons (Fsp3) is 0.250. The Labute approximate surface area is 183 Å². The van der Waals surface area contributed by atoms with Crippen LogP contribution in [0.25, 0.3) is 0 Å². The number of hydrogen-bond acceptors (Lipinski definition) is 4. The monoisotopic (exact) mass is 440 g/mol. The summed E-state index contributed by atoms with van der Waals surface area (Å²) in [5, 5.41) is 14.7. The molecule has 0 amide bonds. The van der Waals surface area contributed by atoms with Crippen LogP contribution in [0.4, 0.5) is 24.7 Å². The Morgan fingerprint density at radius 2 is 1.78 bits per heavy atom.